The molecule has 0 bridgehead atoms. The van der Waals surface area contributed by atoms with E-state index in [9.17, 15) is 4.79 Å². The van der Waals surface area contributed by atoms with Crippen LogP contribution in [0.1, 0.15) is 17.0 Å². The van der Waals surface area contributed by atoms with Crippen molar-refractivity contribution in [3.05, 3.63) is 53.3 Å². The largest absolute Gasteiger partial charge is 0.368 e. The summed E-state index contributed by atoms with van der Waals surface area (Å²) in [5.74, 6) is 0.0128. The number of aryl methyl sites for hydroxylation is 2. The molecule has 0 aliphatic rings. The fraction of sp³-hybridized carbons (Fsp3) is 0.267. The Labute approximate surface area is 118 Å². The fourth-order valence-electron chi connectivity index (χ4n) is 2.02. The van der Waals surface area contributed by atoms with E-state index in [1.165, 1.54) is 0 Å². The van der Waals surface area contributed by atoms with Crippen LogP contribution in [0, 0.1) is 13.8 Å². The van der Waals surface area contributed by atoms with Crippen LogP contribution in [0.25, 0.3) is 0 Å². The first-order valence-corrected chi connectivity index (χ1v) is 6.46. The van der Waals surface area contributed by atoms with Crippen LogP contribution in [0.2, 0.25) is 0 Å². The van der Waals surface area contributed by atoms with Gasteiger partial charge in [0.25, 0.3) is 0 Å². The van der Waals surface area contributed by atoms with Crippen molar-refractivity contribution in [2.45, 2.75) is 26.3 Å². The van der Waals surface area contributed by atoms with Crippen molar-refractivity contribution < 1.29 is 4.79 Å². The van der Waals surface area contributed by atoms with Crippen molar-refractivity contribution in [1.82, 2.24) is 9.97 Å². The summed E-state index contributed by atoms with van der Waals surface area (Å²) in [5, 5.41) is 3.01. The summed E-state index contributed by atoms with van der Waals surface area (Å²) in [4.78, 5) is 20.1. The first-order chi connectivity index (χ1) is 9.54. The molecule has 0 saturated heterocycles. The lowest BCUT2D eigenvalue weighted by molar-refractivity contribution is -0.118. The van der Waals surface area contributed by atoms with Crippen molar-refractivity contribution in [3.63, 3.8) is 0 Å². The van der Waals surface area contributed by atoms with Crippen molar-refractivity contribution in [2.75, 3.05) is 5.32 Å². The van der Waals surface area contributed by atoms with Gasteiger partial charge in [-0.3, -0.25) is 4.79 Å². The van der Waals surface area contributed by atoms with Crippen LogP contribution in [0.4, 0.5) is 5.95 Å². The molecule has 0 fully saturated rings. The zero-order valence-corrected chi connectivity index (χ0v) is 11.6. The van der Waals surface area contributed by atoms with E-state index in [1.807, 2.05) is 50.2 Å². The molecule has 20 heavy (non-hydrogen) atoms. The molecule has 0 radical (unpaired) electrons. The number of carbonyl (C=O) groups excluding carboxylic acids is 1. The van der Waals surface area contributed by atoms with Gasteiger partial charge >= 0.3 is 0 Å². The van der Waals surface area contributed by atoms with Crippen LogP contribution in [-0.4, -0.2) is 21.9 Å². The number of nitrogens with two attached hydrogens (primary N) is 1. The van der Waals surface area contributed by atoms with E-state index in [-0.39, 0.29) is 0 Å². The molecular weight excluding hydrogens is 252 g/mol. The van der Waals surface area contributed by atoms with Gasteiger partial charge in [0.05, 0.1) is 0 Å². The average molecular weight is 270 g/mol. The highest BCUT2D eigenvalue weighted by atomic mass is 16.1. The van der Waals surface area contributed by atoms with Crippen molar-refractivity contribution in [1.29, 1.82) is 0 Å². The molecule has 1 amide bonds. The Balaban J connectivity index is 2.15. The molecule has 5 nitrogen and oxygen atoms in total. The molecule has 2 rings (SSSR count). The Hall–Kier alpha value is -2.43. The summed E-state index contributed by atoms with van der Waals surface area (Å²) in [6.45, 7) is 3.77. The Bertz CT molecular complexity index is 578. The minimum atomic E-state index is -0.529. The molecule has 1 aromatic carbocycles. The first-order valence-electron chi connectivity index (χ1n) is 6.46. The third-order valence-corrected chi connectivity index (χ3v) is 2.91. The fourth-order valence-corrected chi connectivity index (χ4v) is 2.02. The van der Waals surface area contributed by atoms with Gasteiger partial charge in [-0.05, 0) is 25.5 Å². The number of carbonyl (C=O) groups is 1. The summed E-state index contributed by atoms with van der Waals surface area (Å²) in [5.41, 5.74) is 8.19. The van der Waals surface area contributed by atoms with E-state index in [4.69, 9.17) is 5.73 Å². The maximum atomic E-state index is 11.6. The molecule has 3 N–H and O–H groups in total. The normalized spacial score (nSPS) is 11.9. The van der Waals surface area contributed by atoms with Gasteiger partial charge in [0.2, 0.25) is 11.9 Å². The molecule has 0 aliphatic heterocycles. The van der Waals surface area contributed by atoms with Gasteiger partial charge in [-0.25, -0.2) is 9.97 Å². The van der Waals surface area contributed by atoms with E-state index >= 15 is 0 Å². The third kappa shape index (κ3) is 3.78. The molecule has 5 heteroatoms. The second kappa shape index (κ2) is 6.14. The molecule has 0 saturated carbocycles. The van der Waals surface area contributed by atoms with Gasteiger partial charge in [0.15, 0.2) is 0 Å². The average Bonchev–Trinajstić information content (AvgIpc) is 2.38. The quantitative estimate of drug-likeness (QED) is 0.864. The molecule has 0 spiro atoms. The number of primary amides is 1. The highest BCUT2D eigenvalue weighted by Gasteiger charge is 2.17. The highest BCUT2D eigenvalue weighted by Crippen LogP contribution is 2.09. The number of anilines is 1. The predicted octanol–water partition coefficient (Wildman–Crippen LogP) is 1.60. The minimum Gasteiger partial charge on any atom is -0.368 e. The first kappa shape index (κ1) is 14.0. The third-order valence-electron chi connectivity index (χ3n) is 2.91. The standard InChI is InChI=1S/C15H18N4O/c1-10-8-11(2)18-15(17-10)19-13(14(16)20)9-12-6-4-3-5-7-12/h3-8,13H,9H2,1-2H3,(H2,16,20)(H,17,18,19)/t13-/m0/s1. The van der Waals surface area contributed by atoms with Crippen LogP contribution < -0.4 is 11.1 Å². The highest BCUT2D eigenvalue weighted by molar-refractivity contribution is 5.82. The number of amides is 1. The van der Waals surface area contributed by atoms with E-state index in [0.29, 0.717) is 12.4 Å². The number of nitrogens with one attached hydrogen (secondary N) is 1. The topological polar surface area (TPSA) is 80.9 Å². The number of hydrogen-bond donors (Lipinski definition) is 2. The van der Waals surface area contributed by atoms with Gasteiger partial charge in [-0.1, -0.05) is 30.3 Å². The maximum Gasteiger partial charge on any atom is 0.240 e. The molecule has 1 atom stereocenters. The molecular formula is C15H18N4O. The lowest BCUT2D eigenvalue weighted by atomic mass is 10.1. The summed E-state index contributed by atoms with van der Waals surface area (Å²) >= 11 is 0. The van der Waals surface area contributed by atoms with Crippen molar-refractivity contribution >= 4 is 11.9 Å². The van der Waals surface area contributed by atoms with Gasteiger partial charge in [-0.15, -0.1) is 0 Å². The predicted molar refractivity (Wildman–Crippen MR) is 78.3 cm³/mol. The van der Waals surface area contributed by atoms with E-state index < -0.39 is 11.9 Å². The second-order valence-electron chi connectivity index (χ2n) is 4.76. The van der Waals surface area contributed by atoms with Crippen LogP contribution in [0.5, 0.6) is 0 Å². The lowest BCUT2D eigenvalue weighted by Gasteiger charge is -2.16. The Kier molecular flexibility index (Phi) is 4.30. The minimum absolute atomic E-state index is 0.420. The molecule has 1 aromatic heterocycles. The van der Waals surface area contributed by atoms with Gasteiger partial charge < -0.3 is 11.1 Å². The van der Waals surface area contributed by atoms with Crippen molar-refractivity contribution in [2.24, 2.45) is 5.73 Å². The van der Waals surface area contributed by atoms with Crippen LogP contribution in [-0.2, 0) is 11.2 Å². The zero-order chi connectivity index (χ0) is 14.5. The van der Waals surface area contributed by atoms with Crippen LogP contribution in [0.15, 0.2) is 36.4 Å². The summed E-state index contributed by atoms with van der Waals surface area (Å²) < 4.78 is 0. The maximum absolute atomic E-state index is 11.6. The van der Waals surface area contributed by atoms with E-state index in [0.717, 1.165) is 17.0 Å². The zero-order valence-electron chi connectivity index (χ0n) is 11.6. The van der Waals surface area contributed by atoms with Gasteiger partial charge in [0, 0.05) is 17.8 Å². The van der Waals surface area contributed by atoms with Gasteiger partial charge in [-0.2, -0.15) is 0 Å². The number of benzene rings is 1. The number of nitrogens with zero attached hydrogens (tertiary/aromatic N) is 2. The molecule has 0 aliphatic carbocycles. The smallest absolute Gasteiger partial charge is 0.240 e. The number of hydrogen-bond acceptors (Lipinski definition) is 4. The molecule has 104 valence electrons. The summed E-state index contributed by atoms with van der Waals surface area (Å²) in [6.07, 6.45) is 0.506. The second-order valence-corrected chi connectivity index (χ2v) is 4.76. The Morgan fingerprint density at radius 3 is 2.35 bits per heavy atom. The van der Waals surface area contributed by atoms with E-state index in [1.54, 1.807) is 0 Å². The summed E-state index contributed by atoms with van der Waals surface area (Å²) in [7, 11) is 0. The molecule has 1 heterocycles. The lowest BCUT2D eigenvalue weighted by Crippen LogP contribution is -2.37. The molecule has 0 unspecified atom stereocenters. The monoisotopic (exact) mass is 270 g/mol. The molecule has 2 aromatic rings. The Morgan fingerprint density at radius 1 is 1.20 bits per heavy atom. The number of rotatable bonds is 5. The van der Waals surface area contributed by atoms with E-state index in [2.05, 4.69) is 15.3 Å². The van der Waals surface area contributed by atoms with Gasteiger partial charge in [0.1, 0.15) is 6.04 Å². The Morgan fingerprint density at radius 2 is 1.80 bits per heavy atom. The van der Waals surface area contributed by atoms with Crippen LogP contribution in [0.3, 0.4) is 0 Å². The van der Waals surface area contributed by atoms with Crippen LogP contribution >= 0.6 is 0 Å². The number of aromatic nitrogens is 2. The van der Waals surface area contributed by atoms with Crippen molar-refractivity contribution in [3.8, 4) is 0 Å². The summed E-state index contributed by atoms with van der Waals surface area (Å²) in [6, 6.07) is 11.1. The SMILES string of the molecule is Cc1cc(C)nc(N[C@@H](Cc2ccccc2)C(N)=O)n1.